The first-order chi connectivity index (χ1) is 14.8. The Morgan fingerprint density at radius 2 is 1.81 bits per heavy atom. The average molecular weight is 449 g/mol. The number of nitro groups is 1. The van der Waals surface area contributed by atoms with Gasteiger partial charge in [0.2, 0.25) is 10.0 Å². The van der Waals surface area contributed by atoms with Crippen molar-refractivity contribution >= 4 is 27.3 Å². The molecule has 0 bridgehead atoms. The summed E-state index contributed by atoms with van der Waals surface area (Å²) in [5.74, 6) is -0.0145. The number of amides is 1. The van der Waals surface area contributed by atoms with E-state index in [0.29, 0.717) is 18.8 Å². The van der Waals surface area contributed by atoms with Crippen molar-refractivity contribution in [1.29, 1.82) is 0 Å². The number of hydrogen-bond acceptors (Lipinski definition) is 7. The van der Waals surface area contributed by atoms with E-state index in [-0.39, 0.29) is 28.6 Å². The molecule has 1 aliphatic heterocycles. The molecule has 1 N–H and O–H groups in total. The third-order valence-corrected chi connectivity index (χ3v) is 6.72. The van der Waals surface area contributed by atoms with E-state index >= 15 is 0 Å². The molecule has 1 heterocycles. The van der Waals surface area contributed by atoms with Gasteiger partial charge in [0.05, 0.1) is 12.0 Å². The van der Waals surface area contributed by atoms with Crippen molar-refractivity contribution in [1.82, 2.24) is 4.31 Å². The summed E-state index contributed by atoms with van der Waals surface area (Å²) in [7, 11) is -2.37. The number of methoxy groups -OCH3 is 1. The van der Waals surface area contributed by atoms with Crippen molar-refractivity contribution in [3.05, 3.63) is 52.6 Å². The zero-order valence-corrected chi connectivity index (χ0v) is 17.8. The highest BCUT2D eigenvalue weighted by Gasteiger charge is 2.29. The van der Waals surface area contributed by atoms with Crippen LogP contribution in [0.3, 0.4) is 0 Å². The molecule has 1 amide bonds. The number of rotatable bonds is 8. The summed E-state index contributed by atoms with van der Waals surface area (Å²) in [5.41, 5.74) is 0.200. The van der Waals surface area contributed by atoms with Crippen molar-refractivity contribution in [3.63, 3.8) is 0 Å². The van der Waals surface area contributed by atoms with Gasteiger partial charge in [0.1, 0.15) is 16.4 Å². The Labute approximate surface area is 180 Å². The third-order valence-electron chi connectivity index (χ3n) is 4.80. The van der Waals surface area contributed by atoms with Gasteiger partial charge in [0, 0.05) is 30.9 Å². The molecule has 3 rings (SSSR count). The summed E-state index contributed by atoms with van der Waals surface area (Å²) in [6, 6.07) is 9.72. The van der Waals surface area contributed by atoms with E-state index < -0.39 is 20.9 Å². The highest BCUT2D eigenvalue weighted by molar-refractivity contribution is 7.89. The number of piperidine rings is 1. The minimum absolute atomic E-state index is 0.00835. The maximum absolute atomic E-state index is 13.1. The molecule has 0 spiro atoms. The second kappa shape index (κ2) is 9.75. The molecule has 0 unspecified atom stereocenters. The van der Waals surface area contributed by atoms with Gasteiger partial charge in [-0.2, -0.15) is 4.31 Å². The number of ether oxygens (including phenoxy) is 2. The number of nitro benzene ring substituents is 1. The normalized spacial score (nSPS) is 14.6. The molecule has 166 valence electrons. The molecule has 10 nitrogen and oxygen atoms in total. The summed E-state index contributed by atoms with van der Waals surface area (Å²) >= 11 is 0. The zero-order chi connectivity index (χ0) is 22.4. The van der Waals surface area contributed by atoms with E-state index in [1.165, 1.54) is 53.9 Å². The lowest BCUT2D eigenvalue weighted by molar-refractivity contribution is -0.384. The van der Waals surface area contributed by atoms with Crippen LogP contribution in [0.2, 0.25) is 0 Å². The van der Waals surface area contributed by atoms with Gasteiger partial charge >= 0.3 is 0 Å². The summed E-state index contributed by atoms with van der Waals surface area (Å²) in [5, 5.41) is 13.3. The first kappa shape index (κ1) is 22.5. The van der Waals surface area contributed by atoms with Gasteiger partial charge < -0.3 is 14.8 Å². The number of benzene rings is 2. The monoisotopic (exact) mass is 449 g/mol. The Morgan fingerprint density at radius 3 is 2.42 bits per heavy atom. The molecular weight excluding hydrogens is 426 g/mol. The van der Waals surface area contributed by atoms with Gasteiger partial charge in [-0.15, -0.1) is 0 Å². The molecule has 31 heavy (non-hydrogen) atoms. The first-order valence-electron chi connectivity index (χ1n) is 9.66. The smallest absolute Gasteiger partial charge is 0.269 e. The number of anilines is 1. The maximum Gasteiger partial charge on any atom is 0.269 e. The molecule has 1 fully saturated rings. The first-order valence-corrected chi connectivity index (χ1v) is 11.1. The minimum atomic E-state index is -3.76. The van der Waals surface area contributed by atoms with Crippen LogP contribution in [0.1, 0.15) is 19.3 Å². The van der Waals surface area contributed by atoms with Crippen molar-refractivity contribution < 1.29 is 27.6 Å². The Morgan fingerprint density at radius 1 is 1.13 bits per heavy atom. The highest BCUT2D eigenvalue weighted by Crippen LogP contribution is 2.31. The molecule has 0 aromatic heterocycles. The van der Waals surface area contributed by atoms with Crippen LogP contribution in [0.4, 0.5) is 11.4 Å². The number of carbonyl (C=O) groups excluding carboxylic acids is 1. The summed E-state index contributed by atoms with van der Waals surface area (Å²) in [6.45, 7) is 0.550. The van der Waals surface area contributed by atoms with E-state index in [1.807, 2.05) is 0 Å². The van der Waals surface area contributed by atoms with Crippen LogP contribution in [-0.2, 0) is 14.8 Å². The number of nitrogens with zero attached hydrogens (tertiary/aromatic N) is 2. The van der Waals surface area contributed by atoms with Crippen molar-refractivity contribution in [2.45, 2.75) is 24.2 Å². The Hall–Kier alpha value is -3.18. The molecule has 0 aliphatic carbocycles. The number of sulfonamides is 1. The molecule has 0 radical (unpaired) electrons. The van der Waals surface area contributed by atoms with Gasteiger partial charge in [-0.1, -0.05) is 6.42 Å². The zero-order valence-electron chi connectivity index (χ0n) is 16.9. The van der Waals surface area contributed by atoms with Gasteiger partial charge in [0.15, 0.2) is 6.61 Å². The average Bonchev–Trinajstić information content (AvgIpc) is 2.78. The van der Waals surface area contributed by atoms with E-state index in [9.17, 15) is 23.3 Å². The Balaban J connectivity index is 1.69. The standard InChI is InChI=1S/C20H23N3O7S/c1-29-18-10-5-15(13-19(18)31(27,28)22-11-3-2-4-12-22)21-20(24)14-30-17-8-6-16(7-9-17)23(25)26/h5-10,13H,2-4,11-12,14H2,1H3,(H,21,24). The van der Waals surface area contributed by atoms with Crippen molar-refractivity contribution in [3.8, 4) is 11.5 Å². The van der Waals surface area contributed by atoms with Crippen LogP contribution >= 0.6 is 0 Å². The second-order valence-corrected chi connectivity index (χ2v) is 8.82. The van der Waals surface area contributed by atoms with E-state index in [2.05, 4.69) is 5.32 Å². The predicted octanol–water partition coefficient (Wildman–Crippen LogP) is 2.80. The number of carbonyl (C=O) groups is 1. The summed E-state index contributed by atoms with van der Waals surface area (Å²) < 4.78 is 38.1. The van der Waals surface area contributed by atoms with Crippen LogP contribution in [0.25, 0.3) is 0 Å². The van der Waals surface area contributed by atoms with E-state index in [1.54, 1.807) is 0 Å². The van der Waals surface area contributed by atoms with Crippen molar-refractivity contribution in [2.24, 2.45) is 0 Å². The number of hydrogen-bond donors (Lipinski definition) is 1. The topological polar surface area (TPSA) is 128 Å². The van der Waals surface area contributed by atoms with Gasteiger partial charge in [-0.25, -0.2) is 8.42 Å². The van der Waals surface area contributed by atoms with Crippen molar-refractivity contribution in [2.75, 3.05) is 32.1 Å². The van der Waals surface area contributed by atoms with Gasteiger partial charge in [0.25, 0.3) is 11.6 Å². The van der Waals surface area contributed by atoms with Gasteiger partial charge in [-0.05, 0) is 43.2 Å². The fraction of sp³-hybridized carbons (Fsp3) is 0.350. The van der Waals surface area contributed by atoms with Crippen LogP contribution < -0.4 is 14.8 Å². The Bertz CT molecular complexity index is 1050. The van der Waals surface area contributed by atoms with Crippen LogP contribution in [0, 0.1) is 10.1 Å². The fourth-order valence-electron chi connectivity index (χ4n) is 3.21. The molecule has 2 aromatic carbocycles. The molecular formula is C20H23N3O7S. The van der Waals surface area contributed by atoms with E-state index in [0.717, 1.165) is 19.3 Å². The SMILES string of the molecule is COc1ccc(NC(=O)COc2ccc([N+](=O)[O-])cc2)cc1S(=O)(=O)N1CCCCC1. The van der Waals surface area contributed by atoms with Crippen LogP contribution in [0.5, 0.6) is 11.5 Å². The number of nitrogens with one attached hydrogen (secondary N) is 1. The van der Waals surface area contributed by atoms with Crippen LogP contribution in [0.15, 0.2) is 47.4 Å². The third kappa shape index (κ3) is 5.50. The summed E-state index contributed by atoms with van der Waals surface area (Å²) in [6.07, 6.45) is 2.60. The maximum atomic E-state index is 13.1. The molecule has 2 aromatic rings. The van der Waals surface area contributed by atoms with Gasteiger partial charge in [-0.3, -0.25) is 14.9 Å². The lowest BCUT2D eigenvalue weighted by atomic mass is 10.2. The summed E-state index contributed by atoms with van der Waals surface area (Å²) in [4.78, 5) is 22.4. The minimum Gasteiger partial charge on any atom is -0.495 e. The Kier molecular flexibility index (Phi) is 7.08. The fourth-order valence-corrected chi connectivity index (χ4v) is 4.91. The molecule has 1 saturated heterocycles. The number of non-ortho nitro benzene ring substituents is 1. The predicted molar refractivity (Wildman–Crippen MR) is 113 cm³/mol. The second-order valence-electron chi connectivity index (χ2n) is 6.92. The van der Waals surface area contributed by atoms with Crippen LogP contribution in [-0.4, -0.2) is 50.4 Å². The molecule has 11 heteroatoms. The lowest BCUT2D eigenvalue weighted by Gasteiger charge is -2.26. The highest BCUT2D eigenvalue weighted by atomic mass is 32.2. The largest absolute Gasteiger partial charge is 0.495 e. The van der Waals surface area contributed by atoms with E-state index in [4.69, 9.17) is 9.47 Å². The molecule has 1 aliphatic rings. The molecule has 0 atom stereocenters. The lowest BCUT2D eigenvalue weighted by Crippen LogP contribution is -2.35. The molecule has 0 saturated carbocycles. The quantitative estimate of drug-likeness (QED) is 0.485.